The molecule has 1 unspecified atom stereocenters. The van der Waals surface area contributed by atoms with Gasteiger partial charge in [0.1, 0.15) is 5.82 Å². The molecule has 0 radical (unpaired) electrons. The Kier molecular flexibility index (Phi) is 7.24. The standard InChI is InChI=1S/C17H23FN4OS/c1-3-4-5-8-12(2)19-15(23)11-24-17-20-16(21-22-17)13-9-6-7-10-14(13)18/h6-7,9-10,12H,3-5,8,11H2,1-2H3,(H,19,23)(H,20,21,22). The zero-order chi connectivity index (χ0) is 17.4. The van der Waals surface area contributed by atoms with Gasteiger partial charge in [0.25, 0.3) is 0 Å². The van der Waals surface area contributed by atoms with Gasteiger partial charge < -0.3 is 5.32 Å². The highest BCUT2D eigenvalue weighted by Crippen LogP contribution is 2.21. The lowest BCUT2D eigenvalue weighted by atomic mass is 10.1. The first-order valence-electron chi connectivity index (χ1n) is 8.19. The Bertz CT molecular complexity index is 662. The molecule has 24 heavy (non-hydrogen) atoms. The number of benzene rings is 1. The molecule has 2 rings (SSSR count). The summed E-state index contributed by atoms with van der Waals surface area (Å²) in [5.41, 5.74) is 0.367. The van der Waals surface area contributed by atoms with Gasteiger partial charge in [0, 0.05) is 6.04 Å². The van der Waals surface area contributed by atoms with Crippen molar-refractivity contribution in [3.8, 4) is 11.4 Å². The van der Waals surface area contributed by atoms with Crippen LogP contribution in [0.2, 0.25) is 0 Å². The summed E-state index contributed by atoms with van der Waals surface area (Å²) in [6.07, 6.45) is 4.47. The van der Waals surface area contributed by atoms with Gasteiger partial charge in [-0.15, -0.1) is 5.10 Å². The molecule has 0 aliphatic carbocycles. The van der Waals surface area contributed by atoms with E-state index in [9.17, 15) is 9.18 Å². The molecule has 0 aliphatic rings. The topological polar surface area (TPSA) is 70.7 Å². The summed E-state index contributed by atoms with van der Waals surface area (Å²) in [6.45, 7) is 4.17. The van der Waals surface area contributed by atoms with Crippen LogP contribution in [0, 0.1) is 5.82 Å². The van der Waals surface area contributed by atoms with Gasteiger partial charge in [-0.2, -0.15) is 0 Å². The second-order valence-electron chi connectivity index (χ2n) is 5.70. The fourth-order valence-electron chi connectivity index (χ4n) is 2.30. The van der Waals surface area contributed by atoms with E-state index in [0.29, 0.717) is 16.5 Å². The number of amides is 1. The maximum absolute atomic E-state index is 13.7. The molecule has 1 aromatic heterocycles. The van der Waals surface area contributed by atoms with E-state index in [4.69, 9.17) is 0 Å². The van der Waals surface area contributed by atoms with Crippen LogP contribution in [0.1, 0.15) is 39.5 Å². The zero-order valence-corrected chi connectivity index (χ0v) is 14.8. The van der Waals surface area contributed by atoms with Crippen molar-refractivity contribution in [1.82, 2.24) is 20.5 Å². The quantitative estimate of drug-likeness (QED) is 0.533. The van der Waals surface area contributed by atoms with Gasteiger partial charge in [-0.25, -0.2) is 9.37 Å². The van der Waals surface area contributed by atoms with Crippen LogP contribution in [0.5, 0.6) is 0 Å². The fourth-order valence-corrected chi connectivity index (χ4v) is 2.91. The molecular formula is C17H23FN4OS. The normalized spacial score (nSPS) is 12.1. The van der Waals surface area contributed by atoms with E-state index in [0.717, 1.165) is 12.8 Å². The molecule has 0 saturated carbocycles. The molecule has 1 aromatic carbocycles. The van der Waals surface area contributed by atoms with Crippen LogP contribution in [0.25, 0.3) is 11.4 Å². The van der Waals surface area contributed by atoms with Crippen molar-refractivity contribution in [3.05, 3.63) is 30.1 Å². The number of aromatic amines is 1. The number of unbranched alkanes of at least 4 members (excludes halogenated alkanes) is 2. The number of nitrogens with zero attached hydrogens (tertiary/aromatic N) is 2. The molecule has 2 aromatic rings. The van der Waals surface area contributed by atoms with Crippen molar-refractivity contribution >= 4 is 17.7 Å². The largest absolute Gasteiger partial charge is 0.353 e. The number of rotatable bonds is 9. The van der Waals surface area contributed by atoms with Gasteiger partial charge in [0.2, 0.25) is 11.1 Å². The summed E-state index contributed by atoms with van der Waals surface area (Å²) in [5.74, 6) is 0.209. The lowest BCUT2D eigenvalue weighted by Crippen LogP contribution is -2.33. The molecule has 0 bridgehead atoms. The van der Waals surface area contributed by atoms with Gasteiger partial charge in [0.15, 0.2) is 5.82 Å². The van der Waals surface area contributed by atoms with Crippen LogP contribution in [0.4, 0.5) is 4.39 Å². The van der Waals surface area contributed by atoms with Crippen molar-refractivity contribution in [3.63, 3.8) is 0 Å². The summed E-state index contributed by atoms with van der Waals surface area (Å²) in [5, 5.41) is 10.1. The van der Waals surface area contributed by atoms with Crippen LogP contribution in [0.3, 0.4) is 0 Å². The van der Waals surface area contributed by atoms with Crippen molar-refractivity contribution in [2.45, 2.75) is 50.7 Å². The third-order valence-electron chi connectivity index (χ3n) is 3.57. The maximum atomic E-state index is 13.7. The Morgan fingerprint density at radius 3 is 2.92 bits per heavy atom. The monoisotopic (exact) mass is 350 g/mol. The summed E-state index contributed by atoms with van der Waals surface area (Å²) < 4.78 is 13.7. The number of H-pyrrole nitrogens is 1. The van der Waals surface area contributed by atoms with E-state index in [1.807, 2.05) is 6.92 Å². The van der Waals surface area contributed by atoms with Crippen LogP contribution >= 0.6 is 11.8 Å². The minimum absolute atomic E-state index is 0.0405. The molecule has 1 atom stereocenters. The minimum Gasteiger partial charge on any atom is -0.353 e. The number of carbonyl (C=O) groups is 1. The van der Waals surface area contributed by atoms with Gasteiger partial charge in [-0.3, -0.25) is 9.89 Å². The highest BCUT2D eigenvalue weighted by atomic mass is 32.2. The molecule has 0 aliphatic heterocycles. The summed E-state index contributed by atoms with van der Waals surface area (Å²) in [4.78, 5) is 16.2. The number of hydrogen-bond donors (Lipinski definition) is 2. The molecule has 0 spiro atoms. The highest BCUT2D eigenvalue weighted by molar-refractivity contribution is 7.99. The molecule has 1 heterocycles. The fraction of sp³-hybridized carbons (Fsp3) is 0.471. The van der Waals surface area contributed by atoms with Gasteiger partial charge in [-0.05, 0) is 25.5 Å². The number of nitrogens with one attached hydrogen (secondary N) is 2. The van der Waals surface area contributed by atoms with Gasteiger partial charge >= 0.3 is 0 Å². The van der Waals surface area contributed by atoms with E-state index >= 15 is 0 Å². The molecule has 0 saturated heterocycles. The number of carbonyl (C=O) groups excluding carboxylic acids is 1. The van der Waals surface area contributed by atoms with Crippen LogP contribution in [0.15, 0.2) is 29.4 Å². The van der Waals surface area contributed by atoms with E-state index in [1.54, 1.807) is 18.2 Å². The van der Waals surface area contributed by atoms with Crippen LogP contribution < -0.4 is 5.32 Å². The van der Waals surface area contributed by atoms with Gasteiger partial charge in [-0.1, -0.05) is 50.1 Å². The molecule has 2 N–H and O–H groups in total. The molecule has 7 heteroatoms. The number of hydrogen-bond acceptors (Lipinski definition) is 4. The van der Waals surface area contributed by atoms with E-state index < -0.39 is 0 Å². The third kappa shape index (κ3) is 5.63. The summed E-state index contributed by atoms with van der Waals surface area (Å²) >= 11 is 1.23. The highest BCUT2D eigenvalue weighted by Gasteiger charge is 2.12. The van der Waals surface area contributed by atoms with Crippen molar-refractivity contribution < 1.29 is 9.18 Å². The first-order chi connectivity index (χ1) is 11.6. The Labute approximate surface area is 145 Å². The lowest BCUT2D eigenvalue weighted by Gasteiger charge is -2.12. The second kappa shape index (κ2) is 9.42. The maximum Gasteiger partial charge on any atom is 0.230 e. The van der Waals surface area contributed by atoms with E-state index in [1.165, 1.54) is 30.7 Å². The number of aromatic nitrogens is 3. The molecule has 1 amide bonds. The van der Waals surface area contributed by atoms with Crippen LogP contribution in [-0.2, 0) is 4.79 Å². The Hall–Kier alpha value is -1.89. The smallest absolute Gasteiger partial charge is 0.230 e. The average molecular weight is 350 g/mol. The first-order valence-corrected chi connectivity index (χ1v) is 9.18. The number of thioether (sulfide) groups is 1. The van der Waals surface area contributed by atoms with Crippen LogP contribution in [-0.4, -0.2) is 32.9 Å². The average Bonchev–Trinajstić information content (AvgIpc) is 3.02. The Morgan fingerprint density at radius 2 is 2.17 bits per heavy atom. The molecule has 130 valence electrons. The Morgan fingerprint density at radius 1 is 1.38 bits per heavy atom. The van der Waals surface area contributed by atoms with Crippen molar-refractivity contribution in [2.24, 2.45) is 0 Å². The predicted octanol–water partition coefficient (Wildman–Crippen LogP) is 3.79. The number of halogens is 1. The second-order valence-corrected chi connectivity index (χ2v) is 6.64. The zero-order valence-electron chi connectivity index (χ0n) is 14.0. The SMILES string of the molecule is CCCCCC(C)NC(=O)CSc1n[nH]c(-c2ccccc2F)n1. The Balaban J connectivity index is 1.81. The van der Waals surface area contributed by atoms with Crippen molar-refractivity contribution in [1.29, 1.82) is 0 Å². The lowest BCUT2D eigenvalue weighted by molar-refractivity contribution is -0.119. The molecular weight excluding hydrogens is 327 g/mol. The van der Waals surface area contributed by atoms with Crippen molar-refractivity contribution in [2.75, 3.05) is 5.75 Å². The van der Waals surface area contributed by atoms with E-state index in [-0.39, 0.29) is 23.5 Å². The summed E-state index contributed by atoms with van der Waals surface area (Å²) in [6, 6.07) is 6.54. The summed E-state index contributed by atoms with van der Waals surface area (Å²) in [7, 11) is 0. The van der Waals surface area contributed by atoms with E-state index in [2.05, 4.69) is 27.4 Å². The first kappa shape index (κ1) is 18.4. The van der Waals surface area contributed by atoms with Gasteiger partial charge in [0.05, 0.1) is 11.3 Å². The predicted molar refractivity (Wildman–Crippen MR) is 94.2 cm³/mol. The molecule has 0 fully saturated rings. The minimum atomic E-state index is -0.358. The molecule has 5 nitrogen and oxygen atoms in total. The third-order valence-corrected chi connectivity index (χ3v) is 4.42.